The first-order valence-corrected chi connectivity index (χ1v) is 9.17. The molecule has 0 aliphatic rings. The van der Waals surface area contributed by atoms with Crippen molar-refractivity contribution in [3.63, 3.8) is 0 Å². The third-order valence-electron chi connectivity index (χ3n) is 4.44. The van der Waals surface area contributed by atoms with Crippen molar-refractivity contribution in [1.82, 2.24) is 0 Å². The van der Waals surface area contributed by atoms with Crippen molar-refractivity contribution in [2.45, 2.75) is 6.42 Å². The summed E-state index contributed by atoms with van der Waals surface area (Å²) in [6, 6.07) is 37.7. The first kappa shape index (κ1) is 16.9. The number of benzene rings is 4. The predicted molar refractivity (Wildman–Crippen MR) is 115 cm³/mol. The van der Waals surface area contributed by atoms with E-state index < -0.39 is 0 Å². The largest absolute Gasteiger partial charge is 0.356 e. The minimum atomic E-state index is 0.928. The zero-order valence-electron chi connectivity index (χ0n) is 15.1. The van der Waals surface area contributed by atoms with Crippen molar-refractivity contribution in [2.75, 3.05) is 10.6 Å². The molecule has 0 atom stereocenters. The average molecular weight is 350 g/mol. The van der Waals surface area contributed by atoms with Crippen LogP contribution < -0.4 is 10.6 Å². The molecule has 0 bridgehead atoms. The summed E-state index contributed by atoms with van der Waals surface area (Å²) in [7, 11) is 0. The lowest BCUT2D eigenvalue weighted by Gasteiger charge is -2.09. The second kappa shape index (κ2) is 8.24. The number of hydrogen-bond donors (Lipinski definition) is 2. The molecule has 4 rings (SSSR count). The van der Waals surface area contributed by atoms with Crippen LogP contribution in [0.2, 0.25) is 0 Å². The third-order valence-corrected chi connectivity index (χ3v) is 4.44. The molecule has 27 heavy (non-hydrogen) atoms. The molecule has 0 spiro atoms. The lowest BCUT2D eigenvalue weighted by atomic mass is 10.0. The standard InChI is InChI=1S/C25H22N2/c1-3-7-22(8-4-1)26-24-15-11-20(12-16-24)19-21-13-17-25(18-14-21)27-23-9-5-2-6-10-23/h1-18,26-27H,19H2. The molecule has 2 heteroatoms. The molecule has 0 amide bonds. The normalized spacial score (nSPS) is 10.4. The first-order valence-electron chi connectivity index (χ1n) is 9.17. The van der Waals surface area contributed by atoms with E-state index in [0.29, 0.717) is 0 Å². The Morgan fingerprint density at radius 3 is 1.07 bits per heavy atom. The summed E-state index contributed by atoms with van der Waals surface area (Å²) in [4.78, 5) is 0. The van der Waals surface area contributed by atoms with Gasteiger partial charge in [-0.05, 0) is 66.1 Å². The molecular weight excluding hydrogens is 328 g/mol. The van der Waals surface area contributed by atoms with Crippen LogP contribution in [0.25, 0.3) is 0 Å². The van der Waals surface area contributed by atoms with Gasteiger partial charge in [-0.25, -0.2) is 0 Å². The van der Waals surface area contributed by atoms with Gasteiger partial charge in [0.1, 0.15) is 0 Å². The molecule has 2 N–H and O–H groups in total. The van der Waals surface area contributed by atoms with E-state index in [4.69, 9.17) is 0 Å². The van der Waals surface area contributed by atoms with Gasteiger partial charge in [0, 0.05) is 22.7 Å². The van der Waals surface area contributed by atoms with E-state index in [1.54, 1.807) is 0 Å². The highest BCUT2D eigenvalue weighted by molar-refractivity contribution is 5.61. The molecule has 0 aromatic heterocycles. The fourth-order valence-electron chi connectivity index (χ4n) is 3.02. The maximum Gasteiger partial charge on any atom is 0.0384 e. The molecule has 0 heterocycles. The van der Waals surface area contributed by atoms with Gasteiger partial charge in [0.2, 0.25) is 0 Å². The van der Waals surface area contributed by atoms with E-state index in [1.807, 2.05) is 36.4 Å². The summed E-state index contributed by atoms with van der Waals surface area (Å²) in [5, 5.41) is 6.83. The van der Waals surface area contributed by atoms with Crippen LogP contribution in [0.1, 0.15) is 11.1 Å². The van der Waals surface area contributed by atoms with Gasteiger partial charge in [0.25, 0.3) is 0 Å². The summed E-state index contributed by atoms with van der Waals surface area (Å²) in [6.07, 6.45) is 0.928. The molecule has 0 aliphatic heterocycles. The Bertz CT molecular complexity index is 877. The zero-order chi connectivity index (χ0) is 18.3. The average Bonchev–Trinajstić information content (AvgIpc) is 2.73. The van der Waals surface area contributed by atoms with Crippen LogP contribution in [0.5, 0.6) is 0 Å². The zero-order valence-corrected chi connectivity index (χ0v) is 15.1. The van der Waals surface area contributed by atoms with Gasteiger partial charge in [0.15, 0.2) is 0 Å². The molecule has 0 aliphatic carbocycles. The van der Waals surface area contributed by atoms with E-state index in [0.717, 1.165) is 29.2 Å². The van der Waals surface area contributed by atoms with Crippen LogP contribution in [0.15, 0.2) is 109 Å². The van der Waals surface area contributed by atoms with Crippen LogP contribution in [-0.2, 0) is 6.42 Å². The highest BCUT2D eigenvalue weighted by Gasteiger charge is 2.00. The molecule has 2 nitrogen and oxygen atoms in total. The van der Waals surface area contributed by atoms with Crippen molar-refractivity contribution in [3.05, 3.63) is 120 Å². The van der Waals surface area contributed by atoms with Crippen LogP contribution in [0, 0.1) is 0 Å². The Labute approximate surface area is 160 Å². The highest BCUT2D eigenvalue weighted by Crippen LogP contribution is 2.20. The van der Waals surface area contributed by atoms with Crippen LogP contribution in [0.3, 0.4) is 0 Å². The monoisotopic (exact) mass is 350 g/mol. The van der Waals surface area contributed by atoms with Crippen molar-refractivity contribution in [2.24, 2.45) is 0 Å². The third kappa shape index (κ3) is 4.77. The van der Waals surface area contributed by atoms with Gasteiger partial charge in [-0.2, -0.15) is 0 Å². The molecule has 4 aromatic rings. The summed E-state index contributed by atoms with van der Waals surface area (Å²) >= 11 is 0. The highest BCUT2D eigenvalue weighted by atomic mass is 14.9. The smallest absolute Gasteiger partial charge is 0.0384 e. The van der Waals surface area contributed by atoms with Crippen LogP contribution >= 0.6 is 0 Å². The molecule has 0 saturated carbocycles. The van der Waals surface area contributed by atoms with Crippen LogP contribution in [0.4, 0.5) is 22.7 Å². The van der Waals surface area contributed by atoms with Gasteiger partial charge in [0.05, 0.1) is 0 Å². The molecule has 4 aromatic carbocycles. The fourth-order valence-corrected chi connectivity index (χ4v) is 3.02. The Kier molecular flexibility index (Phi) is 5.16. The number of hydrogen-bond acceptors (Lipinski definition) is 2. The minimum absolute atomic E-state index is 0.928. The Hall–Kier alpha value is -3.52. The molecular formula is C25H22N2. The second-order valence-electron chi connectivity index (χ2n) is 6.55. The molecule has 132 valence electrons. The van der Waals surface area contributed by atoms with E-state index in [-0.39, 0.29) is 0 Å². The lowest BCUT2D eigenvalue weighted by molar-refractivity contribution is 1.19. The van der Waals surface area contributed by atoms with E-state index in [1.165, 1.54) is 11.1 Å². The second-order valence-corrected chi connectivity index (χ2v) is 6.55. The minimum Gasteiger partial charge on any atom is -0.356 e. The Morgan fingerprint density at radius 1 is 0.370 bits per heavy atom. The van der Waals surface area contributed by atoms with Gasteiger partial charge in [-0.15, -0.1) is 0 Å². The molecule has 0 unspecified atom stereocenters. The molecule has 0 fully saturated rings. The molecule has 0 radical (unpaired) electrons. The topological polar surface area (TPSA) is 24.1 Å². The Morgan fingerprint density at radius 2 is 0.704 bits per heavy atom. The number of nitrogens with one attached hydrogen (secondary N) is 2. The van der Waals surface area contributed by atoms with Crippen molar-refractivity contribution >= 4 is 22.7 Å². The van der Waals surface area contributed by atoms with Gasteiger partial charge < -0.3 is 10.6 Å². The number of anilines is 4. The van der Waals surface area contributed by atoms with Crippen LogP contribution in [-0.4, -0.2) is 0 Å². The maximum absolute atomic E-state index is 3.42. The SMILES string of the molecule is c1ccc(Nc2ccc(Cc3ccc(Nc4ccccc4)cc3)cc2)cc1. The van der Waals surface area contributed by atoms with E-state index in [2.05, 4.69) is 83.4 Å². The first-order chi connectivity index (χ1) is 13.3. The lowest BCUT2D eigenvalue weighted by Crippen LogP contribution is -1.93. The summed E-state index contributed by atoms with van der Waals surface area (Å²) in [5.74, 6) is 0. The fraction of sp³-hybridized carbons (Fsp3) is 0.0400. The van der Waals surface area contributed by atoms with Gasteiger partial charge in [-0.1, -0.05) is 60.7 Å². The summed E-state index contributed by atoms with van der Waals surface area (Å²) < 4.78 is 0. The predicted octanol–water partition coefficient (Wildman–Crippen LogP) is 6.76. The maximum atomic E-state index is 3.42. The van der Waals surface area contributed by atoms with Crippen molar-refractivity contribution < 1.29 is 0 Å². The Balaban J connectivity index is 1.37. The van der Waals surface area contributed by atoms with Crippen molar-refractivity contribution in [1.29, 1.82) is 0 Å². The summed E-state index contributed by atoms with van der Waals surface area (Å²) in [6.45, 7) is 0. The van der Waals surface area contributed by atoms with E-state index in [9.17, 15) is 0 Å². The summed E-state index contributed by atoms with van der Waals surface area (Å²) in [5.41, 5.74) is 7.02. The van der Waals surface area contributed by atoms with E-state index >= 15 is 0 Å². The van der Waals surface area contributed by atoms with Gasteiger partial charge >= 0.3 is 0 Å². The number of rotatable bonds is 6. The van der Waals surface area contributed by atoms with Gasteiger partial charge in [-0.3, -0.25) is 0 Å². The molecule has 0 saturated heterocycles. The number of para-hydroxylation sites is 2. The van der Waals surface area contributed by atoms with Crippen molar-refractivity contribution in [3.8, 4) is 0 Å². The quantitative estimate of drug-likeness (QED) is 0.401.